The summed E-state index contributed by atoms with van der Waals surface area (Å²) in [6.45, 7) is 7.67. The van der Waals surface area contributed by atoms with Gasteiger partial charge in [-0.05, 0) is 38.0 Å². The fourth-order valence-corrected chi connectivity index (χ4v) is 2.80. The van der Waals surface area contributed by atoms with Crippen molar-refractivity contribution < 1.29 is 4.79 Å². The molecule has 1 aliphatic heterocycles. The van der Waals surface area contributed by atoms with E-state index in [4.69, 9.17) is 5.73 Å². The Morgan fingerprint density at radius 2 is 1.85 bits per heavy atom. The molecular formula is C16H25N3O. The Kier molecular flexibility index (Phi) is 4.04. The van der Waals surface area contributed by atoms with Crippen molar-refractivity contribution in [3.8, 4) is 0 Å². The highest BCUT2D eigenvalue weighted by molar-refractivity contribution is 5.90. The quantitative estimate of drug-likeness (QED) is 0.919. The smallest absolute Gasteiger partial charge is 0.247 e. The zero-order chi connectivity index (χ0) is 14.9. The predicted molar refractivity (Wildman–Crippen MR) is 82.7 cm³/mol. The van der Waals surface area contributed by atoms with Crippen molar-refractivity contribution in [1.29, 1.82) is 0 Å². The number of hydrogen-bond acceptors (Lipinski definition) is 3. The molecule has 20 heavy (non-hydrogen) atoms. The molecule has 1 unspecified atom stereocenters. The van der Waals surface area contributed by atoms with Crippen molar-refractivity contribution >= 4 is 11.6 Å². The van der Waals surface area contributed by atoms with Gasteiger partial charge in [0.25, 0.3) is 0 Å². The lowest BCUT2D eigenvalue weighted by Crippen LogP contribution is -2.62. The highest BCUT2D eigenvalue weighted by atomic mass is 16.2. The van der Waals surface area contributed by atoms with E-state index in [1.165, 1.54) is 0 Å². The van der Waals surface area contributed by atoms with Crippen LogP contribution >= 0.6 is 0 Å². The molecular weight excluding hydrogens is 250 g/mol. The van der Waals surface area contributed by atoms with E-state index in [2.05, 4.69) is 36.1 Å². The first-order chi connectivity index (χ1) is 9.37. The van der Waals surface area contributed by atoms with E-state index in [0.29, 0.717) is 0 Å². The lowest BCUT2D eigenvalue weighted by Gasteiger charge is -2.46. The predicted octanol–water partition coefficient (Wildman–Crippen LogP) is 2.15. The average Bonchev–Trinajstić information content (AvgIpc) is 2.44. The van der Waals surface area contributed by atoms with Crippen LogP contribution in [0.3, 0.4) is 0 Å². The molecule has 1 aliphatic rings. The Morgan fingerprint density at radius 1 is 1.25 bits per heavy atom. The zero-order valence-corrected chi connectivity index (χ0v) is 12.9. The number of anilines is 1. The van der Waals surface area contributed by atoms with Crippen molar-refractivity contribution in [2.45, 2.75) is 38.8 Å². The first kappa shape index (κ1) is 14.9. The fraction of sp³-hybridized carbons (Fsp3) is 0.562. The summed E-state index contributed by atoms with van der Waals surface area (Å²) in [4.78, 5) is 16.3. The van der Waals surface area contributed by atoms with Gasteiger partial charge in [-0.2, -0.15) is 0 Å². The van der Waals surface area contributed by atoms with Gasteiger partial charge in [-0.3, -0.25) is 4.79 Å². The Bertz CT molecular complexity index is 481. The number of piperazine rings is 1. The van der Waals surface area contributed by atoms with E-state index in [0.717, 1.165) is 30.8 Å². The van der Waals surface area contributed by atoms with Crippen LogP contribution in [0.2, 0.25) is 0 Å². The van der Waals surface area contributed by atoms with Gasteiger partial charge in [0.2, 0.25) is 5.91 Å². The monoisotopic (exact) mass is 275 g/mol. The highest BCUT2D eigenvalue weighted by Gasteiger charge is 2.40. The van der Waals surface area contributed by atoms with Gasteiger partial charge in [0.1, 0.15) is 5.54 Å². The first-order valence-electron chi connectivity index (χ1n) is 7.26. The molecule has 0 aliphatic carbocycles. The molecule has 0 radical (unpaired) electrons. The number of nitrogens with two attached hydrogens (primary N) is 1. The number of benzene rings is 1. The summed E-state index contributed by atoms with van der Waals surface area (Å²) in [6, 6.07) is 8.38. The fourth-order valence-electron chi connectivity index (χ4n) is 2.80. The molecule has 1 saturated heterocycles. The molecule has 2 N–H and O–H groups in total. The van der Waals surface area contributed by atoms with Gasteiger partial charge in [-0.1, -0.05) is 19.1 Å². The molecule has 2 rings (SSSR count). The number of likely N-dealkylation sites (N-methyl/N-ethyl adjacent to an activating group) is 1. The van der Waals surface area contributed by atoms with Gasteiger partial charge in [-0.15, -0.1) is 0 Å². The number of rotatable bonds is 3. The second-order valence-corrected chi connectivity index (χ2v) is 6.04. The molecule has 0 spiro atoms. The summed E-state index contributed by atoms with van der Waals surface area (Å²) in [6.07, 6.45) is 0.928. The Morgan fingerprint density at radius 3 is 2.40 bits per heavy atom. The van der Waals surface area contributed by atoms with Crippen LogP contribution in [0, 0.1) is 0 Å². The topological polar surface area (TPSA) is 49.6 Å². The van der Waals surface area contributed by atoms with Crippen LogP contribution in [-0.4, -0.2) is 36.5 Å². The lowest BCUT2D eigenvalue weighted by molar-refractivity contribution is -0.136. The minimum absolute atomic E-state index is 0.0891. The lowest BCUT2D eigenvalue weighted by atomic mass is 9.96. The molecule has 1 heterocycles. The standard InChI is InChI=1S/C16H25N3O/c1-5-14(17)12-6-8-13(9-7-12)19-11-10-18(4)15(20)16(19,2)3/h6-9,14H,5,10-11,17H2,1-4H3. The van der Waals surface area contributed by atoms with Gasteiger partial charge < -0.3 is 15.5 Å². The molecule has 1 fully saturated rings. The molecule has 1 atom stereocenters. The van der Waals surface area contributed by atoms with Crippen LogP contribution in [0.4, 0.5) is 5.69 Å². The van der Waals surface area contributed by atoms with Crippen LogP contribution < -0.4 is 10.6 Å². The third kappa shape index (κ3) is 2.52. The van der Waals surface area contributed by atoms with Gasteiger partial charge >= 0.3 is 0 Å². The molecule has 0 aromatic heterocycles. The molecule has 0 saturated carbocycles. The van der Waals surface area contributed by atoms with E-state index < -0.39 is 5.54 Å². The second-order valence-electron chi connectivity index (χ2n) is 6.04. The largest absolute Gasteiger partial charge is 0.356 e. The first-order valence-corrected chi connectivity index (χ1v) is 7.26. The van der Waals surface area contributed by atoms with Crippen LogP contribution in [0.5, 0.6) is 0 Å². The van der Waals surface area contributed by atoms with Gasteiger partial charge in [0, 0.05) is 31.9 Å². The van der Waals surface area contributed by atoms with Gasteiger partial charge in [-0.25, -0.2) is 0 Å². The van der Waals surface area contributed by atoms with Crippen LogP contribution in [0.15, 0.2) is 24.3 Å². The third-order valence-corrected chi connectivity index (χ3v) is 4.28. The summed E-state index contributed by atoms with van der Waals surface area (Å²) in [7, 11) is 1.87. The average molecular weight is 275 g/mol. The Labute approximate surface area is 121 Å². The molecule has 1 aromatic carbocycles. The summed E-state index contributed by atoms with van der Waals surface area (Å²) >= 11 is 0. The van der Waals surface area contributed by atoms with E-state index in [1.807, 2.05) is 20.9 Å². The Balaban J connectivity index is 2.25. The summed E-state index contributed by atoms with van der Waals surface area (Å²) < 4.78 is 0. The van der Waals surface area contributed by atoms with Crippen molar-refractivity contribution in [3.05, 3.63) is 29.8 Å². The van der Waals surface area contributed by atoms with E-state index in [1.54, 1.807) is 4.90 Å². The maximum Gasteiger partial charge on any atom is 0.247 e. The minimum Gasteiger partial charge on any atom is -0.356 e. The van der Waals surface area contributed by atoms with Crippen molar-refractivity contribution in [2.75, 3.05) is 25.0 Å². The highest BCUT2D eigenvalue weighted by Crippen LogP contribution is 2.29. The Hall–Kier alpha value is -1.55. The molecule has 4 nitrogen and oxygen atoms in total. The van der Waals surface area contributed by atoms with Gasteiger partial charge in [0.15, 0.2) is 0 Å². The molecule has 0 bridgehead atoms. The number of nitrogens with zero attached hydrogens (tertiary/aromatic N) is 2. The van der Waals surface area contributed by atoms with Crippen molar-refractivity contribution in [2.24, 2.45) is 5.73 Å². The number of carbonyl (C=O) groups is 1. The van der Waals surface area contributed by atoms with Crippen molar-refractivity contribution in [1.82, 2.24) is 4.90 Å². The number of carbonyl (C=O) groups excluding carboxylic acids is 1. The molecule has 110 valence electrons. The zero-order valence-electron chi connectivity index (χ0n) is 12.9. The third-order valence-electron chi connectivity index (χ3n) is 4.28. The van der Waals surface area contributed by atoms with Crippen LogP contribution in [0.25, 0.3) is 0 Å². The summed E-state index contributed by atoms with van der Waals surface area (Å²) in [5.74, 6) is 0.165. The number of hydrogen-bond donors (Lipinski definition) is 1. The van der Waals surface area contributed by atoms with Crippen LogP contribution in [-0.2, 0) is 4.79 Å². The molecule has 1 amide bonds. The second kappa shape index (κ2) is 5.44. The van der Waals surface area contributed by atoms with Crippen molar-refractivity contribution in [3.63, 3.8) is 0 Å². The molecule has 1 aromatic rings. The maximum atomic E-state index is 12.3. The SMILES string of the molecule is CCC(N)c1ccc(N2CCN(C)C(=O)C2(C)C)cc1. The van der Waals surface area contributed by atoms with Crippen LogP contribution in [0.1, 0.15) is 38.8 Å². The van der Waals surface area contributed by atoms with E-state index in [-0.39, 0.29) is 11.9 Å². The van der Waals surface area contributed by atoms with Gasteiger partial charge in [0.05, 0.1) is 0 Å². The normalized spacial score (nSPS) is 20.1. The van der Waals surface area contributed by atoms with E-state index >= 15 is 0 Å². The maximum absolute atomic E-state index is 12.3. The molecule has 4 heteroatoms. The van der Waals surface area contributed by atoms with E-state index in [9.17, 15) is 4.79 Å². The minimum atomic E-state index is -0.499. The summed E-state index contributed by atoms with van der Waals surface area (Å²) in [5, 5.41) is 0. The number of amides is 1. The summed E-state index contributed by atoms with van der Waals surface area (Å²) in [5.41, 5.74) is 7.78.